The van der Waals surface area contributed by atoms with Crippen LogP contribution >= 0.6 is 11.3 Å². The fourth-order valence-electron chi connectivity index (χ4n) is 3.62. The van der Waals surface area contributed by atoms with Crippen molar-refractivity contribution in [2.24, 2.45) is 0 Å². The normalized spacial score (nSPS) is 15.3. The molecule has 0 N–H and O–H groups in total. The summed E-state index contributed by atoms with van der Waals surface area (Å²) in [5.74, 6) is -0.407. The van der Waals surface area contributed by atoms with Gasteiger partial charge in [-0.3, -0.25) is 4.79 Å². The zero-order valence-electron chi connectivity index (χ0n) is 17.5. The first-order chi connectivity index (χ1) is 15.1. The van der Waals surface area contributed by atoms with Gasteiger partial charge in [0.2, 0.25) is 5.91 Å². The molecule has 1 fully saturated rings. The van der Waals surface area contributed by atoms with Gasteiger partial charge in [-0.2, -0.15) is 0 Å². The van der Waals surface area contributed by atoms with E-state index in [1.54, 1.807) is 35.2 Å². The quantitative estimate of drug-likeness (QED) is 0.518. The second-order valence-corrected chi connectivity index (χ2v) is 12.7. The van der Waals surface area contributed by atoms with E-state index in [0.29, 0.717) is 31.7 Å². The van der Waals surface area contributed by atoms with Crippen molar-refractivity contribution in [1.29, 1.82) is 0 Å². The molecule has 0 saturated carbocycles. The van der Waals surface area contributed by atoms with Crippen LogP contribution in [0.3, 0.4) is 0 Å². The van der Waals surface area contributed by atoms with Crippen molar-refractivity contribution in [3.63, 3.8) is 0 Å². The molecule has 3 aromatic rings. The Bertz CT molecular complexity index is 1340. The number of sulfone groups is 2. The molecule has 1 amide bonds. The Morgan fingerprint density at radius 2 is 1.66 bits per heavy atom. The topological polar surface area (TPSA) is 105 Å². The highest BCUT2D eigenvalue weighted by Crippen LogP contribution is 2.33. The van der Waals surface area contributed by atoms with E-state index in [1.807, 2.05) is 11.0 Å². The molecule has 0 bridgehead atoms. The number of para-hydroxylation sites is 1. The van der Waals surface area contributed by atoms with Gasteiger partial charge in [0.05, 0.1) is 20.2 Å². The predicted octanol–water partition coefficient (Wildman–Crippen LogP) is 2.21. The Balaban J connectivity index is 1.38. The highest BCUT2D eigenvalue weighted by molar-refractivity contribution is 7.91. The van der Waals surface area contributed by atoms with Crippen molar-refractivity contribution in [2.75, 3.05) is 43.1 Å². The first kappa shape index (κ1) is 22.7. The van der Waals surface area contributed by atoms with E-state index in [2.05, 4.69) is 4.98 Å². The van der Waals surface area contributed by atoms with Gasteiger partial charge in [-0.15, -0.1) is 0 Å². The van der Waals surface area contributed by atoms with Crippen molar-refractivity contribution in [1.82, 2.24) is 9.88 Å². The lowest BCUT2D eigenvalue weighted by atomic mass is 10.3. The summed E-state index contributed by atoms with van der Waals surface area (Å²) < 4.78 is 49.7. The summed E-state index contributed by atoms with van der Waals surface area (Å²) >= 11 is 1.42. The summed E-state index contributed by atoms with van der Waals surface area (Å²) in [5, 5.41) is 0.717. The molecule has 0 spiro atoms. The monoisotopic (exact) mass is 493 g/mol. The molecular formula is C21H23N3O5S3. The van der Waals surface area contributed by atoms with Gasteiger partial charge in [-0.05, 0) is 24.3 Å². The lowest BCUT2D eigenvalue weighted by Gasteiger charge is -2.34. The third-order valence-corrected chi connectivity index (χ3v) is 9.30. The van der Waals surface area contributed by atoms with E-state index in [1.165, 1.54) is 29.7 Å². The molecule has 170 valence electrons. The van der Waals surface area contributed by atoms with Crippen molar-refractivity contribution in [2.45, 2.75) is 16.2 Å². The molecule has 32 heavy (non-hydrogen) atoms. The number of aromatic nitrogens is 1. The third-order valence-electron chi connectivity index (χ3n) is 5.36. The number of benzene rings is 2. The second-order valence-electron chi connectivity index (χ2n) is 7.62. The fourth-order valence-corrected chi connectivity index (χ4v) is 6.81. The van der Waals surface area contributed by atoms with E-state index >= 15 is 0 Å². The van der Waals surface area contributed by atoms with Crippen molar-refractivity contribution in [3.8, 4) is 0 Å². The SMILES string of the molecule is CS(=O)(=O)c1cccc2sc(N3CCN(C(=O)CCS(=O)(=O)c4ccccc4)CC3)nc12. The maximum atomic E-state index is 12.6. The maximum absolute atomic E-state index is 12.6. The van der Waals surface area contributed by atoms with Crippen LogP contribution in [0, 0.1) is 0 Å². The van der Waals surface area contributed by atoms with Crippen LogP contribution in [-0.4, -0.2) is 70.8 Å². The van der Waals surface area contributed by atoms with E-state index < -0.39 is 19.7 Å². The molecule has 1 aromatic heterocycles. The average molecular weight is 494 g/mol. The van der Waals surface area contributed by atoms with Gasteiger partial charge in [0.25, 0.3) is 0 Å². The van der Waals surface area contributed by atoms with Crippen LogP contribution < -0.4 is 4.90 Å². The molecule has 1 saturated heterocycles. The Morgan fingerprint density at radius 1 is 0.969 bits per heavy atom. The smallest absolute Gasteiger partial charge is 0.223 e. The Hall–Kier alpha value is -2.50. The molecule has 1 aliphatic heterocycles. The number of amides is 1. The van der Waals surface area contributed by atoms with Gasteiger partial charge in [-0.25, -0.2) is 21.8 Å². The Kier molecular flexibility index (Phi) is 6.24. The molecule has 2 aromatic carbocycles. The van der Waals surface area contributed by atoms with E-state index in [-0.39, 0.29) is 27.9 Å². The largest absolute Gasteiger partial charge is 0.345 e. The van der Waals surface area contributed by atoms with Crippen LogP contribution in [0.5, 0.6) is 0 Å². The second kappa shape index (κ2) is 8.80. The van der Waals surface area contributed by atoms with Crippen LogP contribution in [0.15, 0.2) is 58.3 Å². The average Bonchev–Trinajstić information content (AvgIpc) is 3.22. The summed E-state index contributed by atoms with van der Waals surface area (Å²) in [6.07, 6.45) is 1.11. The lowest BCUT2D eigenvalue weighted by molar-refractivity contribution is -0.131. The van der Waals surface area contributed by atoms with Gasteiger partial charge >= 0.3 is 0 Å². The standard InChI is InChI=1S/C21H23N3O5S3/c1-31(26,27)18-9-5-8-17-20(18)22-21(30-17)24-13-11-23(12-14-24)19(25)10-15-32(28,29)16-6-3-2-4-7-16/h2-9H,10-15H2,1H3. The van der Waals surface area contributed by atoms with Crippen LogP contribution in [0.25, 0.3) is 10.2 Å². The molecule has 11 heteroatoms. The van der Waals surface area contributed by atoms with Gasteiger partial charge < -0.3 is 9.80 Å². The van der Waals surface area contributed by atoms with E-state index in [9.17, 15) is 21.6 Å². The number of carbonyl (C=O) groups excluding carboxylic acids is 1. The molecule has 0 atom stereocenters. The number of rotatable bonds is 6. The number of anilines is 1. The number of piperazine rings is 1. The summed E-state index contributed by atoms with van der Waals surface area (Å²) in [5.41, 5.74) is 0.472. The van der Waals surface area contributed by atoms with Gasteiger partial charge in [0.1, 0.15) is 5.52 Å². The Morgan fingerprint density at radius 3 is 2.31 bits per heavy atom. The summed E-state index contributed by atoms with van der Waals surface area (Å²) in [7, 11) is -6.88. The summed E-state index contributed by atoms with van der Waals surface area (Å²) in [4.78, 5) is 21.3. The molecule has 8 nitrogen and oxygen atoms in total. The lowest BCUT2D eigenvalue weighted by Crippen LogP contribution is -2.49. The first-order valence-corrected chi connectivity index (χ1v) is 14.4. The molecule has 0 unspecified atom stereocenters. The number of hydrogen-bond acceptors (Lipinski definition) is 8. The van der Waals surface area contributed by atoms with Crippen LogP contribution in [0.4, 0.5) is 5.13 Å². The molecule has 4 rings (SSSR count). The van der Waals surface area contributed by atoms with Crippen LogP contribution in [0.1, 0.15) is 6.42 Å². The number of hydrogen-bond donors (Lipinski definition) is 0. The maximum Gasteiger partial charge on any atom is 0.223 e. The molecule has 1 aliphatic rings. The zero-order chi connectivity index (χ0) is 22.9. The minimum Gasteiger partial charge on any atom is -0.345 e. The predicted molar refractivity (Wildman–Crippen MR) is 125 cm³/mol. The van der Waals surface area contributed by atoms with Gasteiger partial charge in [0.15, 0.2) is 24.8 Å². The highest BCUT2D eigenvalue weighted by atomic mass is 32.2. The Labute approximate surface area is 191 Å². The van der Waals surface area contributed by atoms with Crippen LogP contribution in [0.2, 0.25) is 0 Å². The minimum atomic E-state index is -3.49. The number of nitrogens with zero attached hydrogens (tertiary/aromatic N) is 3. The van der Waals surface area contributed by atoms with Crippen LogP contribution in [-0.2, 0) is 24.5 Å². The first-order valence-electron chi connectivity index (χ1n) is 10.1. The number of thiazole rings is 1. The molecule has 0 aliphatic carbocycles. The zero-order valence-corrected chi connectivity index (χ0v) is 19.9. The van der Waals surface area contributed by atoms with E-state index in [4.69, 9.17) is 0 Å². The highest BCUT2D eigenvalue weighted by Gasteiger charge is 2.25. The number of carbonyl (C=O) groups is 1. The summed E-state index contributed by atoms with van der Waals surface area (Å²) in [6.45, 7) is 2.01. The fraction of sp³-hybridized carbons (Fsp3) is 0.333. The van der Waals surface area contributed by atoms with Gasteiger partial charge in [0, 0.05) is 38.9 Å². The van der Waals surface area contributed by atoms with Crippen molar-refractivity contribution < 1.29 is 21.6 Å². The van der Waals surface area contributed by atoms with Crippen molar-refractivity contribution >= 4 is 52.3 Å². The van der Waals surface area contributed by atoms with E-state index in [0.717, 1.165) is 9.83 Å². The number of fused-ring (bicyclic) bond motifs is 1. The molecule has 0 radical (unpaired) electrons. The third kappa shape index (κ3) is 4.79. The molecular weight excluding hydrogens is 470 g/mol. The molecule has 2 heterocycles. The van der Waals surface area contributed by atoms with Gasteiger partial charge in [-0.1, -0.05) is 35.6 Å². The summed E-state index contributed by atoms with van der Waals surface area (Å²) in [6, 6.07) is 13.2. The minimum absolute atomic E-state index is 0.0594. The van der Waals surface area contributed by atoms with Crippen molar-refractivity contribution in [3.05, 3.63) is 48.5 Å².